The van der Waals surface area contributed by atoms with Gasteiger partial charge in [0.05, 0.1) is 17.5 Å². The molecule has 1 unspecified atom stereocenters. The van der Waals surface area contributed by atoms with Crippen molar-refractivity contribution in [1.29, 1.82) is 0 Å². The summed E-state index contributed by atoms with van der Waals surface area (Å²) in [6.45, 7) is 2.87. The van der Waals surface area contributed by atoms with Crippen LogP contribution in [0.1, 0.15) is 44.7 Å². The third-order valence-electron chi connectivity index (χ3n) is 4.62. The molecule has 8 nitrogen and oxygen atoms in total. The third kappa shape index (κ3) is 4.96. The van der Waals surface area contributed by atoms with Gasteiger partial charge in [-0.15, -0.1) is 5.10 Å². The van der Waals surface area contributed by atoms with Crippen molar-refractivity contribution in [1.82, 2.24) is 20.0 Å². The smallest absolute Gasteiger partial charge is 0.412 e. The Hall–Kier alpha value is -2.71. The summed E-state index contributed by atoms with van der Waals surface area (Å²) in [4.78, 5) is 16.5. The van der Waals surface area contributed by atoms with Crippen molar-refractivity contribution in [2.24, 2.45) is 7.05 Å². The van der Waals surface area contributed by atoms with Crippen LogP contribution in [0.4, 0.5) is 15.0 Å². The number of nitrogens with one attached hydrogen (secondary N) is 1. The maximum absolute atomic E-state index is 12.9. The molecule has 1 aliphatic carbocycles. The molecule has 152 valence electrons. The first-order valence-electron chi connectivity index (χ1n) is 9.56. The Kier molecular flexibility index (Phi) is 6.43. The van der Waals surface area contributed by atoms with E-state index in [2.05, 4.69) is 20.6 Å². The van der Waals surface area contributed by atoms with Crippen LogP contribution in [0.5, 0.6) is 5.75 Å². The van der Waals surface area contributed by atoms with E-state index in [1.165, 1.54) is 30.9 Å². The monoisotopic (exact) mass is 391 g/mol. The average Bonchev–Trinajstić information content (AvgIpc) is 3.03. The molecule has 1 aliphatic rings. The highest BCUT2D eigenvalue weighted by Gasteiger charge is 2.20. The fraction of sp³-hybridized carbons (Fsp3) is 0.579. The number of hydrogen-bond acceptors (Lipinski definition) is 6. The summed E-state index contributed by atoms with van der Waals surface area (Å²) >= 11 is 0. The van der Waals surface area contributed by atoms with Crippen LogP contribution in [-0.4, -0.2) is 45.0 Å². The van der Waals surface area contributed by atoms with Crippen LogP contribution >= 0.6 is 0 Å². The van der Waals surface area contributed by atoms with Crippen LogP contribution in [0.3, 0.4) is 0 Å². The van der Waals surface area contributed by atoms with E-state index >= 15 is 0 Å². The van der Waals surface area contributed by atoms with E-state index in [1.54, 1.807) is 13.1 Å². The number of aryl methyl sites for hydroxylation is 2. The van der Waals surface area contributed by atoms with Gasteiger partial charge < -0.3 is 9.47 Å². The molecule has 1 atom stereocenters. The van der Waals surface area contributed by atoms with E-state index in [9.17, 15) is 9.18 Å². The minimum absolute atomic E-state index is 0.238. The Balaban J connectivity index is 1.74. The quantitative estimate of drug-likeness (QED) is 0.805. The van der Waals surface area contributed by atoms with Crippen LogP contribution < -0.4 is 10.1 Å². The van der Waals surface area contributed by atoms with E-state index in [4.69, 9.17) is 9.47 Å². The average molecular weight is 391 g/mol. The standard InChI is InChI=1S/C19H26FN5O3/c1-12(20)11-27-19(26)22-18-17(23-24-25(18)3)15-9-10-16(13(2)21-15)28-14-7-5-4-6-8-14/h9-10,12,14H,4-8,11H2,1-3H3,(H,22,26). The van der Waals surface area contributed by atoms with Crippen LogP contribution in [0, 0.1) is 6.92 Å². The molecule has 0 bridgehead atoms. The Morgan fingerprint density at radius 2 is 2.11 bits per heavy atom. The van der Waals surface area contributed by atoms with E-state index in [0.717, 1.165) is 24.3 Å². The zero-order valence-corrected chi connectivity index (χ0v) is 16.4. The lowest BCUT2D eigenvalue weighted by molar-refractivity contribution is 0.129. The highest BCUT2D eigenvalue weighted by Crippen LogP contribution is 2.29. The first kappa shape index (κ1) is 20.0. The van der Waals surface area contributed by atoms with Gasteiger partial charge in [0.25, 0.3) is 0 Å². The van der Waals surface area contributed by atoms with E-state index in [1.807, 2.05) is 13.0 Å². The number of pyridine rings is 1. The Labute approximate surface area is 163 Å². The number of hydrogen-bond donors (Lipinski definition) is 1. The lowest BCUT2D eigenvalue weighted by atomic mass is 9.98. The number of nitrogens with zero attached hydrogens (tertiary/aromatic N) is 4. The molecule has 0 radical (unpaired) electrons. The van der Waals surface area contributed by atoms with Crippen molar-refractivity contribution < 1.29 is 18.7 Å². The number of rotatable bonds is 6. The second-order valence-corrected chi connectivity index (χ2v) is 7.07. The van der Waals surface area contributed by atoms with Crippen molar-refractivity contribution in [2.75, 3.05) is 11.9 Å². The van der Waals surface area contributed by atoms with E-state index < -0.39 is 12.3 Å². The molecule has 3 rings (SSSR count). The lowest BCUT2D eigenvalue weighted by Gasteiger charge is -2.23. The van der Waals surface area contributed by atoms with Gasteiger partial charge in [-0.1, -0.05) is 11.6 Å². The molecule has 1 fully saturated rings. The number of aromatic nitrogens is 4. The molecule has 0 aromatic carbocycles. The van der Waals surface area contributed by atoms with Gasteiger partial charge in [0.1, 0.15) is 18.5 Å². The predicted octanol–water partition coefficient (Wildman–Crippen LogP) is 3.80. The molecule has 1 amide bonds. The number of halogens is 1. The minimum atomic E-state index is -1.24. The molecule has 0 aliphatic heterocycles. The second kappa shape index (κ2) is 8.99. The molecule has 28 heavy (non-hydrogen) atoms. The molecular formula is C19H26FN5O3. The number of anilines is 1. The SMILES string of the molecule is Cc1nc(-c2nnn(C)c2NC(=O)OCC(C)F)ccc1OC1CCCCC1. The highest BCUT2D eigenvalue weighted by atomic mass is 19.1. The maximum Gasteiger partial charge on any atom is 0.412 e. The maximum atomic E-state index is 12.9. The summed E-state index contributed by atoms with van der Waals surface area (Å²) in [7, 11) is 1.64. The summed E-state index contributed by atoms with van der Waals surface area (Å²) in [5.41, 5.74) is 1.70. The number of carbonyl (C=O) groups is 1. The Morgan fingerprint density at radius 1 is 1.36 bits per heavy atom. The highest BCUT2D eigenvalue weighted by molar-refractivity contribution is 5.88. The van der Waals surface area contributed by atoms with Gasteiger partial charge in [0.15, 0.2) is 11.5 Å². The largest absolute Gasteiger partial charge is 0.489 e. The van der Waals surface area contributed by atoms with Gasteiger partial charge in [-0.05, 0) is 51.7 Å². The predicted molar refractivity (Wildman–Crippen MR) is 102 cm³/mol. The molecular weight excluding hydrogens is 365 g/mol. The summed E-state index contributed by atoms with van der Waals surface area (Å²) in [6.07, 6.45) is 4.02. The van der Waals surface area contributed by atoms with Gasteiger partial charge >= 0.3 is 6.09 Å². The first-order chi connectivity index (χ1) is 13.4. The molecule has 2 aromatic rings. The second-order valence-electron chi connectivity index (χ2n) is 7.07. The normalized spacial score (nSPS) is 15.9. The van der Waals surface area contributed by atoms with Crippen LogP contribution in [0.25, 0.3) is 11.4 Å². The molecule has 0 saturated heterocycles. The lowest BCUT2D eigenvalue weighted by Crippen LogP contribution is -2.20. The van der Waals surface area contributed by atoms with E-state index in [-0.39, 0.29) is 12.7 Å². The Morgan fingerprint density at radius 3 is 2.79 bits per heavy atom. The summed E-state index contributed by atoms with van der Waals surface area (Å²) < 4.78 is 25.2. The van der Waals surface area contributed by atoms with Crippen molar-refractivity contribution in [3.8, 4) is 17.1 Å². The van der Waals surface area contributed by atoms with Gasteiger partial charge in [0, 0.05) is 7.05 Å². The minimum Gasteiger partial charge on any atom is -0.489 e. The summed E-state index contributed by atoms with van der Waals surface area (Å²) in [5, 5.41) is 10.6. The van der Waals surface area contributed by atoms with E-state index in [0.29, 0.717) is 17.2 Å². The fourth-order valence-electron chi connectivity index (χ4n) is 3.16. The number of carbonyl (C=O) groups excluding carboxylic acids is 1. The summed E-state index contributed by atoms with van der Waals surface area (Å²) in [6, 6.07) is 3.66. The Bertz CT molecular complexity index is 818. The first-order valence-corrected chi connectivity index (χ1v) is 9.56. The third-order valence-corrected chi connectivity index (χ3v) is 4.62. The van der Waals surface area contributed by atoms with Crippen LogP contribution in [-0.2, 0) is 11.8 Å². The number of ether oxygens (including phenoxy) is 2. The number of amides is 1. The van der Waals surface area contributed by atoms with Crippen molar-refractivity contribution in [3.63, 3.8) is 0 Å². The molecule has 9 heteroatoms. The molecule has 2 aromatic heterocycles. The molecule has 1 N–H and O–H groups in total. The van der Waals surface area contributed by atoms with Gasteiger partial charge in [-0.2, -0.15) is 0 Å². The van der Waals surface area contributed by atoms with Gasteiger partial charge in [0.2, 0.25) is 0 Å². The van der Waals surface area contributed by atoms with Crippen LogP contribution in [0.2, 0.25) is 0 Å². The molecule has 2 heterocycles. The van der Waals surface area contributed by atoms with Gasteiger partial charge in [-0.3, -0.25) is 5.32 Å². The topological polar surface area (TPSA) is 91.2 Å². The van der Waals surface area contributed by atoms with Crippen molar-refractivity contribution in [3.05, 3.63) is 17.8 Å². The molecule has 0 spiro atoms. The molecule has 1 saturated carbocycles. The fourth-order valence-corrected chi connectivity index (χ4v) is 3.16. The number of alkyl halides is 1. The van der Waals surface area contributed by atoms with Crippen LogP contribution in [0.15, 0.2) is 12.1 Å². The summed E-state index contributed by atoms with van der Waals surface area (Å²) in [5.74, 6) is 1.08. The van der Waals surface area contributed by atoms with Crippen molar-refractivity contribution in [2.45, 2.75) is 58.2 Å². The zero-order chi connectivity index (χ0) is 20.1. The van der Waals surface area contributed by atoms with Gasteiger partial charge in [-0.25, -0.2) is 18.9 Å². The van der Waals surface area contributed by atoms with Crippen molar-refractivity contribution >= 4 is 11.9 Å². The zero-order valence-electron chi connectivity index (χ0n) is 16.4.